The second kappa shape index (κ2) is 6.11. The van der Waals surface area contributed by atoms with Crippen molar-refractivity contribution in [3.63, 3.8) is 0 Å². The SMILES string of the molecule is O=C(NCCc1c[nH]c2ccccc12)C1CC1c1ccc(F)cc1. The average Bonchev–Trinajstić information content (AvgIpc) is 3.30. The molecule has 0 spiro atoms. The lowest BCUT2D eigenvalue weighted by atomic mass is 10.1. The number of aromatic amines is 1. The van der Waals surface area contributed by atoms with E-state index in [-0.39, 0.29) is 23.6 Å². The summed E-state index contributed by atoms with van der Waals surface area (Å²) in [5.41, 5.74) is 3.39. The van der Waals surface area contributed by atoms with Crippen LogP contribution < -0.4 is 5.32 Å². The Balaban J connectivity index is 1.31. The van der Waals surface area contributed by atoms with Gasteiger partial charge in [-0.05, 0) is 48.1 Å². The maximum absolute atomic E-state index is 13.0. The van der Waals surface area contributed by atoms with Gasteiger partial charge in [-0.15, -0.1) is 0 Å². The molecule has 4 heteroatoms. The third kappa shape index (κ3) is 2.92. The van der Waals surface area contributed by atoms with Gasteiger partial charge in [0.15, 0.2) is 0 Å². The van der Waals surface area contributed by atoms with Crippen LogP contribution >= 0.6 is 0 Å². The van der Waals surface area contributed by atoms with Crippen LogP contribution in [0.5, 0.6) is 0 Å². The number of benzene rings is 2. The lowest BCUT2D eigenvalue weighted by Crippen LogP contribution is -2.27. The van der Waals surface area contributed by atoms with E-state index in [0.717, 1.165) is 23.9 Å². The van der Waals surface area contributed by atoms with Gasteiger partial charge in [0.2, 0.25) is 5.91 Å². The zero-order valence-electron chi connectivity index (χ0n) is 13.3. The van der Waals surface area contributed by atoms with Gasteiger partial charge in [-0.1, -0.05) is 30.3 Å². The first kappa shape index (κ1) is 14.9. The number of fused-ring (bicyclic) bond motifs is 1. The highest BCUT2D eigenvalue weighted by molar-refractivity contribution is 5.84. The molecule has 0 aliphatic heterocycles. The Morgan fingerprint density at radius 2 is 1.96 bits per heavy atom. The zero-order chi connectivity index (χ0) is 16.5. The fourth-order valence-electron chi connectivity index (χ4n) is 3.35. The number of hydrogen-bond donors (Lipinski definition) is 2. The highest BCUT2D eigenvalue weighted by Gasteiger charge is 2.43. The normalized spacial score (nSPS) is 19.4. The Labute approximate surface area is 139 Å². The smallest absolute Gasteiger partial charge is 0.223 e. The first-order chi connectivity index (χ1) is 11.7. The number of rotatable bonds is 5. The summed E-state index contributed by atoms with van der Waals surface area (Å²) >= 11 is 0. The molecule has 0 radical (unpaired) electrons. The molecule has 3 nitrogen and oxygen atoms in total. The number of halogens is 1. The van der Waals surface area contributed by atoms with Gasteiger partial charge >= 0.3 is 0 Å². The summed E-state index contributed by atoms with van der Waals surface area (Å²) in [6, 6.07) is 14.6. The van der Waals surface area contributed by atoms with Gasteiger partial charge in [0.25, 0.3) is 0 Å². The third-order valence-corrected chi connectivity index (χ3v) is 4.79. The lowest BCUT2D eigenvalue weighted by molar-refractivity contribution is -0.122. The van der Waals surface area contributed by atoms with Crippen molar-refractivity contribution < 1.29 is 9.18 Å². The van der Waals surface area contributed by atoms with Crippen molar-refractivity contribution in [1.82, 2.24) is 10.3 Å². The van der Waals surface area contributed by atoms with E-state index in [9.17, 15) is 9.18 Å². The molecule has 1 amide bonds. The van der Waals surface area contributed by atoms with Crippen LogP contribution in [0, 0.1) is 11.7 Å². The van der Waals surface area contributed by atoms with E-state index in [1.54, 1.807) is 12.1 Å². The van der Waals surface area contributed by atoms with E-state index in [4.69, 9.17) is 0 Å². The number of amides is 1. The molecule has 1 saturated carbocycles. The summed E-state index contributed by atoms with van der Waals surface area (Å²) in [5.74, 6) is 0.125. The highest BCUT2D eigenvalue weighted by Crippen LogP contribution is 2.47. The number of hydrogen-bond acceptors (Lipinski definition) is 1. The predicted octanol–water partition coefficient (Wildman–Crippen LogP) is 3.77. The van der Waals surface area contributed by atoms with E-state index in [1.165, 1.54) is 23.1 Å². The second-order valence-corrected chi connectivity index (χ2v) is 6.40. The van der Waals surface area contributed by atoms with Crippen molar-refractivity contribution in [3.8, 4) is 0 Å². The summed E-state index contributed by atoms with van der Waals surface area (Å²) < 4.78 is 13.0. The fraction of sp³-hybridized carbons (Fsp3) is 0.250. The highest BCUT2D eigenvalue weighted by atomic mass is 19.1. The molecule has 2 unspecified atom stereocenters. The summed E-state index contributed by atoms with van der Waals surface area (Å²) in [6.07, 6.45) is 3.67. The van der Waals surface area contributed by atoms with Crippen LogP contribution in [-0.4, -0.2) is 17.4 Å². The maximum Gasteiger partial charge on any atom is 0.223 e. The molecule has 1 aliphatic carbocycles. The number of H-pyrrole nitrogens is 1. The second-order valence-electron chi connectivity index (χ2n) is 6.40. The topological polar surface area (TPSA) is 44.9 Å². The van der Waals surface area contributed by atoms with Gasteiger partial charge in [-0.25, -0.2) is 4.39 Å². The van der Waals surface area contributed by atoms with Crippen LogP contribution in [0.3, 0.4) is 0 Å². The Morgan fingerprint density at radius 3 is 2.79 bits per heavy atom. The van der Waals surface area contributed by atoms with Crippen molar-refractivity contribution in [2.45, 2.75) is 18.8 Å². The van der Waals surface area contributed by atoms with Crippen LogP contribution in [0.2, 0.25) is 0 Å². The molecule has 3 aromatic rings. The van der Waals surface area contributed by atoms with E-state index in [2.05, 4.69) is 22.4 Å². The van der Waals surface area contributed by atoms with Crippen molar-refractivity contribution in [3.05, 3.63) is 71.7 Å². The Morgan fingerprint density at radius 1 is 1.17 bits per heavy atom. The van der Waals surface area contributed by atoms with Crippen LogP contribution in [0.1, 0.15) is 23.5 Å². The molecule has 1 fully saturated rings. The summed E-state index contributed by atoms with van der Waals surface area (Å²) in [6.45, 7) is 0.632. The summed E-state index contributed by atoms with van der Waals surface area (Å²) in [7, 11) is 0. The predicted molar refractivity (Wildman–Crippen MR) is 92.3 cm³/mol. The van der Waals surface area contributed by atoms with E-state index < -0.39 is 0 Å². The van der Waals surface area contributed by atoms with Crippen molar-refractivity contribution in [2.24, 2.45) is 5.92 Å². The van der Waals surface area contributed by atoms with Gasteiger partial charge in [0.1, 0.15) is 5.82 Å². The Hall–Kier alpha value is -2.62. The molecule has 0 bridgehead atoms. The number of para-hydroxylation sites is 1. The summed E-state index contributed by atoms with van der Waals surface area (Å²) in [4.78, 5) is 15.5. The van der Waals surface area contributed by atoms with Crippen molar-refractivity contribution >= 4 is 16.8 Å². The van der Waals surface area contributed by atoms with Crippen LogP contribution in [0.15, 0.2) is 54.7 Å². The van der Waals surface area contributed by atoms with E-state index in [0.29, 0.717) is 6.54 Å². The van der Waals surface area contributed by atoms with Gasteiger partial charge in [-0.2, -0.15) is 0 Å². The summed E-state index contributed by atoms with van der Waals surface area (Å²) in [5, 5.41) is 4.24. The number of aromatic nitrogens is 1. The number of carbonyl (C=O) groups excluding carboxylic acids is 1. The maximum atomic E-state index is 13.0. The third-order valence-electron chi connectivity index (χ3n) is 4.79. The molecule has 2 atom stereocenters. The Bertz CT molecular complexity index is 869. The van der Waals surface area contributed by atoms with E-state index in [1.807, 2.05) is 18.3 Å². The molecular weight excluding hydrogens is 303 g/mol. The van der Waals surface area contributed by atoms with Gasteiger partial charge in [-0.3, -0.25) is 4.79 Å². The van der Waals surface area contributed by atoms with E-state index >= 15 is 0 Å². The van der Waals surface area contributed by atoms with Crippen molar-refractivity contribution in [1.29, 1.82) is 0 Å². The molecule has 24 heavy (non-hydrogen) atoms. The average molecular weight is 322 g/mol. The number of nitrogens with one attached hydrogen (secondary N) is 2. The first-order valence-corrected chi connectivity index (χ1v) is 8.30. The minimum absolute atomic E-state index is 0.0263. The number of carbonyl (C=O) groups is 1. The molecule has 1 heterocycles. The molecule has 1 aliphatic rings. The minimum Gasteiger partial charge on any atom is -0.361 e. The molecule has 2 aromatic carbocycles. The molecular formula is C20H19FN2O. The van der Waals surface area contributed by atoms with Crippen LogP contribution in [0.25, 0.3) is 10.9 Å². The molecule has 1 aromatic heterocycles. The van der Waals surface area contributed by atoms with Crippen LogP contribution in [-0.2, 0) is 11.2 Å². The minimum atomic E-state index is -0.237. The largest absolute Gasteiger partial charge is 0.361 e. The Kier molecular flexibility index (Phi) is 3.81. The van der Waals surface area contributed by atoms with Gasteiger partial charge in [0.05, 0.1) is 0 Å². The molecule has 4 rings (SSSR count). The van der Waals surface area contributed by atoms with Gasteiger partial charge in [0, 0.05) is 29.6 Å². The lowest BCUT2D eigenvalue weighted by Gasteiger charge is -2.05. The zero-order valence-corrected chi connectivity index (χ0v) is 13.3. The first-order valence-electron chi connectivity index (χ1n) is 8.30. The quantitative estimate of drug-likeness (QED) is 0.738. The molecule has 2 N–H and O–H groups in total. The van der Waals surface area contributed by atoms with Crippen LogP contribution in [0.4, 0.5) is 4.39 Å². The monoisotopic (exact) mass is 322 g/mol. The fourth-order valence-corrected chi connectivity index (χ4v) is 3.35. The standard InChI is InChI=1S/C20H19FN2O/c21-15-7-5-13(6-8-15)17-11-18(17)20(24)22-10-9-14-12-23-19-4-2-1-3-16(14)19/h1-8,12,17-18,23H,9-11H2,(H,22,24). The molecule has 0 saturated heterocycles. The molecule has 122 valence electrons. The van der Waals surface area contributed by atoms with Gasteiger partial charge < -0.3 is 10.3 Å². The van der Waals surface area contributed by atoms with Crippen molar-refractivity contribution in [2.75, 3.05) is 6.54 Å².